The van der Waals surface area contributed by atoms with Gasteiger partial charge < -0.3 is 4.57 Å². The monoisotopic (exact) mass is 149 g/mol. The molecule has 0 amide bonds. The second-order valence-corrected chi connectivity index (χ2v) is 2.72. The van der Waals surface area contributed by atoms with Crippen LogP contribution in [-0.2, 0) is 0 Å². The highest BCUT2D eigenvalue weighted by molar-refractivity contribution is 4.94. The molecule has 60 valence electrons. The molecule has 0 aliphatic carbocycles. The van der Waals surface area contributed by atoms with E-state index in [1.54, 1.807) is 0 Å². The van der Waals surface area contributed by atoms with Crippen LogP contribution >= 0.6 is 0 Å². The summed E-state index contributed by atoms with van der Waals surface area (Å²) >= 11 is 0. The Morgan fingerprint density at radius 2 is 2.09 bits per heavy atom. The van der Waals surface area contributed by atoms with Gasteiger partial charge in [0.05, 0.1) is 0 Å². The van der Waals surface area contributed by atoms with Crippen LogP contribution in [0.4, 0.5) is 0 Å². The molecular weight excluding hydrogens is 134 g/mol. The van der Waals surface area contributed by atoms with Gasteiger partial charge in [-0.25, -0.2) is 0 Å². The number of rotatable bonds is 4. The summed E-state index contributed by atoms with van der Waals surface area (Å²) < 4.78 is 2.24. The molecule has 1 nitrogen and oxygen atoms in total. The second kappa shape index (κ2) is 4.02. The Morgan fingerprint density at radius 3 is 2.55 bits per heavy atom. The molecule has 1 heteroatoms. The summed E-state index contributed by atoms with van der Waals surface area (Å²) in [6.45, 7) is 5.95. The Bertz CT molecular complexity index is 199. The van der Waals surface area contributed by atoms with Crippen molar-refractivity contribution < 1.29 is 0 Å². The van der Waals surface area contributed by atoms with Crippen LogP contribution in [0.1, 0.15) is 25.8 Å². The third-order valence-corrected chi connectivity index (χ3v) is 1.96. The third-order valence-electron chi connectivity index (χ3n) is 1.96. The molecule has 0 spiro atoms. The topological polar surface area (TPSA) is 4.93 Å². The number of aromatic nitrogens is 1. The van der Waals surface area contributed by atoms with Crippen molar-refractivity contribution in [1.29, 1.82) is 0 Å². The predicted molar refractivity (Wildman–Crippen MR) is 48.6 cm³/mol. The second-order valence-electron chi connectivity index (χ2n) is 2.72. The SMILES string of the molecule is C=CCC(CC)n1cccc1. The van der Waals surface area contributed by atoms with Crippen molar-refractivity contribution >= 4 is 0 Å². The van der Waals surface area contributed by atoms with Crippen LogP contribution in [0.3, 0.4) is 0 Å². The maximum absolute atomic E-state index is 3.74. The summed E-state index contributed by atoms with van der Waals surface area (Å²) in [5.41, 5.74) is 0. The number of hydrogen-bond donors (Lipinski definition) is 0. The van der Waals surface area contributed by atoms with Gasteiger partial charge in [0, 0.05) is 18.4 Å². The molecule has 0 saturated carbocycles. The van der Waals surface area contributed by atoms with Gasteiger partial charge in [0.25, 0.3) is 0 Å². The van der Waals surface area contributed by atoms with Crippen molar-refractivity contribution in [2.75, 3.05) is 0 Å². The van der Waals surface area contributed by atoms with Crippen LogP contribution in [0.15, 0.2) is 37.2 Å². The first-order valence-electron chi connectivity index (χ1n) is 4.11. The molecule has 1 aromatic rings. The first-order valence-corrected chi connectivity index (χ1v) is 4.11. The molecule has 1 heterocycles. The molecule has 1 atom stereocenters. The number of hydrogen-bond acceptors (Lipinski definition) is 0. The fourth-order valence-corrected chi connectivity index (χ4v) is 1.28. The normalized spacial score (nSPS) is 12.8. The summed E-state index contributed by atoms with van der Waals surface area (Å²) in [5, 5.41) is 0. The zero-order valence-electron chi connectivity index (χ0n) is 7.03. The molecule has 0 aliphatic rings. The van der Waals surface area contributed by atoms with Gasteiger partial charge in [-0.1, -0.05) is 13.0 Å². The highest BCUT2D eigenvalue weighted by atomic mass is 15.0. The Hall–Kier alpha value is -0.980. The van der Waals surface area contributed by atoms with Crippen molar-refractivity contribution in [3.63, 3.8) is 0 Å². The standard InChI is InChI=1S/C10H15N/c1-3-7-10(4-2)11-8-5-6-9-11/h3,5-6,8-10H,1,4,7H2,2H3. The van der Waals surface area contributed by atoms with Crippen molar-refractivity contribution in [3.05, 3.63) is 37.2 Å². The van der Waals surface area contributed by atoms with Gasteiger partial charge in [-0.05, 0) is 25.0 Å². The summed E-state index contributed by atoms with van der Waals surface area (Å²) in [7, 11) is 0. The zero-order chi connectivity index (χ0) is 8.10. The van der Waals surface area contributed by atoms with E-state index in [0.717, 1.165) is 6.42 Å². The van der Waals surface area contributed by atoms with Crippen molar-refractivity contribution in [1.82, 2.24) is 4.57 Å². The molecule has 0 fully saturated rings. The van der Waals surface area contributed by atoms with Gasteiger partial charge in [-0.2, -0.15) is 0 Å². The van der Waals surface area contributed by atoms with E-state index < -0.39 is 0 Å². The molecule has 1 rings (SSSR count). The lowest BCUT2D eigenvalue weighted by molar-refractivity contribution is 0.494. The molecule has 0 bridgehead atoms. The fraction of sp³-hybridized carbons (Fsp3) is 0.400. The van der Waals surface area contributed by atoms with Crippen LogP contribution in [-0.4, -0.2) is 4.57 Å². The lowest BCUT2D eigenvalue weighted by Crippen LogP contribution is -2.03. The van der Waals surface area contributed by atoms with Crippen molar-refractivity contribution in [3.8, 4) is 0 Å². The average molecular weight is 149 g/mol. The highest BCUT2D eigenvalue weighted by Crippen LogP contribution is 2.15. The maximum Gasteiger partial charge on any atom is 0.0362 e. The molecule has 0 saturated heterocycles. The lowest BCUT2D eigenvalue weighted by Gasteiger charge is -2.14. The van der Waals surface area contributed by atoms with Gasteiger partial charge in [-0.15, -0.1) is 6.58 Å². The van der Waals surface area contributed by atoms with Gasteiger partial charge in [0.1, 0.15) is 0 Å². The third kappa shape index (κ3) is 1.97. The minimum atomic E-state index is 0.600. The minimum Gasteiger partial charge on any atom is -0.351 e. The molecule has 1 aromatic heterocycles. The number of allylic oxidation sites excluding steroid dienone is 1. The van der Waals surface area contributed by atoms with Gasteiger partial charge in [0.15, 0.2) is 0 Å². The summed E-state index contributed by atoms with van der Waals surface area (Å²) in [5.74, 6) is 0. The average Bonchev–Trinajstić information content (AvgIpc) is 2.52. The maximum atomic E-state index is 3.74. The quantitative estimate of drug-likeness (QED) is 0.580. The van der Waals surface area contributed by atoms with E-state index in [2.05, 4.69) is 42.6 Å². The predicted octanol–water partition coefficient (Wildman–Crippen LogP) is 3.02. The summed E-state index contributed by atoms with van der Waals surface area (Å²) in [6.07, 6.45) is 8.43. The van der Waals surface area contributed by atoms with Crippen LogP contribution in [0.2, 0.25) is 0 Å². The molecule has 11 heavy (non-hydrogen) atoms. The smallest absolute Gasteiger partial charge is 0.0362 e. The lowest BCUT2D eigenvalue weighted by atomic mass is 10.1. The Labute approximate surface area is 68.4 Å². The first-order chi connectivity index (χ1) is 5.38. The summed E-state index contributed by atoms with van der Waals surface area (Å²) in [6, 6.07) is 4.72. The van der Waals surface area contributed by atoms with E-state index in [4.69, 9.17) is 0 Å². The molecule has 0 radical (unpaired) electrons. The van der Waals surface area contributed by atoms with Crippen LogP contribution in [0.25, 0.3) is 0 Å². The molecule has 0 aromatic carbocycles. The highest BCUT2D eigenvalue weighted by Gasteiger charge is 2.02. The molecule has 0 aliphatic heterocycles. The Balaban J connectivity index is 2.62. The Morgan fingerprint density at radius 1 is 1.45 bits per heavy atom. The Kier molecular flexibility index (Phi) is 2.96. The van der Waals surface area contributed by atoms with E-state index in [1.165, 1.54) is 6.42 Å². The minimum absolute atomic E-state index is 0.600. The van der Waals surface area contributed by atoms with E-state index >= 15 is 0 Å². The van der Waals surface area contributed by atoms with Crippen LogP contribution < -0.4 is 0 Å². The molecular formula is C10H15N. The van der Waals surface area contributed by atoms with Crippen molar-refractivity contribution in [2.24, 2.45) is 0 Å². The van der Waals surface area contributed by atoms with E-state index in [0.29, 0.717) is 6.04 Å². The largest absolute Gasteiger partial charge is 0.351 e. The van der Waals surface area contributed by atoms with Gasteiger partial charge in [-0.3, -0.25) is 0 Å². The van der Waals surface area contributed by atoms with Crippen LogP contribution in [0, 0.1) is 0 Å². The van der Waals surface area contributed by atoms with Gasteiger partial charge >= 0.3 is 0 Å². The van der Waals surface area contributed by atoms with E-state index in [9.17, 15) is 0 Å². The molecule has 0 N–H and O–H groups in total. The van der Waals surface area contributed by atoms with Gasteiger partial charge in [0.2, 0.25) is 0 Å². The zero-order valence-corrected chi connectivity index (χ0v) is 7.03. The van der Waals surface area contributed by atoms with Crippen LogP contribution in [0.5, 0.6) is 0 Å². The van der Waals surface area contributed by atoms with Crippen molar-refractivity contribution in [2.45, 2.75) is 25.8 Å². The number of nitrogens with zero attached hydrogens (tertiary/aromatic N) is 1. The fourth-order valence-electron chi connectivity index (χ4n) is 1.28. The first kappa shape index (κ1) is 8.12. The molecule has 1 unspecified atom stereocenters. The summed E-state index contributed by atoms with van der Waals surface area (Å²) in [4.78, 5) is 0. The van der Waals surface area contributed by atoms with E-state index in [1.807, 2.05) is 6.08 Å². The van der Waals surface area contributed by atoms with E-state index in [-0.39, 0.29) is 0 Å².